The molecule has 0 atom stereocenters. The zero-order valence-electron chi connectivity index (χ0n) is 26.2. The number of aromatic nitrogens is 5. The Morgan fingerprint density at radius 2 is 1.10 bits per heavy atom. The first-order valence-electron chi connectivity index (χ1n) is 16.7. The topological polar surface area (TPSA) is 40.0 Å². The minimum absolute atomic E-state index is 0.889. The molecule has 6 aromatic carbocycles. The predicted octanol–water partition coefficient (Wildman–Crippen LogP) is 11.0. The van der Waals surface area contributed by atoms with E-state index in [1.165, 1.54) is 75.9 Å². The summed E-state index contributed by atoms with van der Waals surface area (Å²) >= 11 is 0. The molecule has 6 aromatic heterocycles. The van der Waals surface area contributed by atoms with Crippen molar-refractivity contribution in [2.45, 2.75) is 0 Å². The van der Waals surface area contributed by atoms with E-state index in [1.807, 2.05) is 18.6 Å². The van der Waals surface area contributed by atoms with Crippen LogP contribution in [0.3, 0.4) is 0 Å². The molecule has 5 heteroatoms. The van der Waals surface area contributed by atoms with Gasteiger partial charge in [-0.2, -0.15) is 0 Å². The van der Waals surface area contributed by atoms with Crippen LogP contribution >= 0.6 is 0 Å². The van der Waals surface area contributed by atoms with Crippen LogP contribution < -0.4 is 0 Å². The molecule has 12 rings (SSSR count). The smallest absolute Gasteiger partial charge is 0.137 e. The molecule has 0 aliphatic carbocycles. The number of hydrogen-bond acceptors (Lipinski definition) is 2. The van der Waals surface area contributed by atoms with Crippen molar-refractivity contribution < 1.29 is 0 Å². The quantitative estimate of drug-likeness (QED) is 0.192. The van der Waals surface area contributed by atoms with E-state index in [4.69, 9.17) is 4.98 Å². The van der Waals surface area contributed by atoms with Gasteiger partial charge in [-0.15, -0.1) is 0 Å². The second kappa shape index (κ2) is 9.00. The number of rotatable bonds is 2. The van der Waals surface area contributed by atoms with Gasteiger partial charge in [0.2, 0.25) is 0 Å². The van der Waals surface area contributed by atoms with Gasteiger partial charge in [0.1, 0.15) is 5.82 Å². The minimum Gasteiger partial charge on any atom is -0.308 e. The highest BCUT2D eigenvalue weighted by molar-refractivity contribution is 6.37. The van der Waals surface area contributed by atoms with E-state index in [1.54, 1.807) is 0 Å². The summed E-state index contributed by atoms with van der Waals surface area (Å²) in [6, 6.07) is 48.3. The Balaban J connectivity index is 1.23. The number of para-hydroxylation sites is 3. The van der Waals surface area contributed by atoms with Gasteiger partial charge in [-0.1, -0.05) is 91.0 Å². The number of fused-ring (bicyclic) bond motifs is 15. The van der Waals surface area contributed by atoms with Crippen molar-refractivity contribution in [3.8, 4) is 11.5 Å². The van der Waals surface area contributed by atoms with Gasteiger partial charge < -0.3 is 8.97 Å². The number of hydrogen-bond donors (Lipinski definition) is 0. The van der Waals surface area contributed by atoms with Crippen LogP contribution in [0.2, 0.25) is 0 Å². The first-order chi connectivity index (χ1) is 24.3. The van der Waals surface area contributed by atoms with E-state index in [2.05, 4.69) is 152 Å². The van der Waals surface area contributed by atoms with Crippen LogP contribution in [0.15, 0.2) is 152 Å². The number of benzene rings is 6. The van der Waals surface area contributed by atoms with Gasteiger partial charge in [0.25, 0.3) is 0 Å². The average molecular weight is 624 g/mol. The standard InChI is InChI=1S/C44H25N5/c1-2-10-28-26(9-1)17-19-33-41-38(23-34-30-12-4-7-15-36(30)48-37-16-8-5-13-32(37)42(41)44(34)48)49(43(28)33)40-20-18-27(24-46-40)47-35-14-6-3-11-29(35)31-21-22-45-25-39(31)47/h1-25H. The van der Waals surface area contributed by atoms with Crippen molar-refractivity contribution in [1.29, 1.82) is 0 Å². The summed E-state index contributed by atoms with van der Waals surface area (Å²) in [6.07, 6.45) is 5.83. The Kier molecular flexibility index (Phi) is 4.66. The number of pyridine rings is 2. The van der Waals surface area contributed by atoms with Crippen LogP contribution in [0.25, 0.3) is 104 Å². The van der Waals surface area contributed by atoms with E-state index in [-0.39, 0.29) is 0 Å². The van der Waals surface area contributed by atoms with Crippen molar-refractivity contribution in [2.75, 3.05) is 0 Å². The zero-order valence-corrected chi connectivity index (χ0v) is 26.2. The summed E-state index contributed by atoms with van der Waals surface area (Å²) in [7, 11) is 0. The molecule has 0 spiro atoms. The summed E-state index contributed by atoms with van der Waals surface area (Å²) in [5, 5.41) is 12.4. The fraction of sp³-hybridized carbons (Fsp3) is 0. The zero-order chi connectivity index (χ0) is 31.8. The molecule has 0 amide bonds. The molecule has 0 fully saturated rings. The molecule has 12 aromatic rings. The van der Waals surface area contributed by atoms with E-state index in [0.29, 0.717) is 0 Å². The van der Waals surface area contributed by atoms with E-state index >= 15 is 0 Å². The highest BCUT2D eigenvalue weighted by Gasteiger charge is 2.25. The van der Waals surface area contributed by atoms with Gasteiger partial charge >= 0.3 is 0 Å². The highest BCUT2D eigenvalue weighted by Crippen LogP contribution is 2.47. The van der Waals surface area contributed by atoms with Gasteiger partial charge in [-0.3, -0.25) is 9.55 Å². The molecular weight excluding hydrogens is 599 g/mol. The summed E-state index contributed by atoms with van der Waals surface area (Å²) < 4.78 is 7.13. The van der Waals surface area contributed by atoms with Crippen LogP contribution in [-0.2, 0) is 0 Å². The first-order valence-corrected chi connectivity index (χ1v) is 16.7. The maximum Gasteiger partial charge on any atom is 0.137 e. The second-order valence-electron chi connectivity index (χ2n) is 13.0. The van der Waals surface area contributed by atoms with Gasteiger partial charge in [0.15, 0.2) is 0 Å². The van der Waals surface area contributed by atoms with E-state index < -0.39 is 0 Å². The average Bonchev–Trinajstić information content (AvgIpc) is 3.89. The molecule has 0 bridgehead atoms. The van der Waals surface area contributed by atoms with Crippen LogP contribution in [0, 0.1) is 0 Å². The van der Waals surface area contributed by atoms with Crippen LogP contribution in [0.4, 0.5) is 0 Å². The van der Waals surface area contributed by atoms with Crippen molar-refractivity contribution >= 4 is 92.5 Å². The fourth-order valence-corrected chi connectivity index (χ4v) is 8.75. The molecule has 0 N–H and O–H groups in total. The van der Waals surface area contributed by atoms with Crippen LogP contribution in [0.5, 0.6) is 0 Å². The minimum atomic E-state index is 0.889. The Morgan fingerprint density at radius 1 is 0.408 bits per heavy atom. The SMILES string of the molecule is c1ccc2c(c1)ccc1c3c4c5ccccc5n5c6ccccc6c(cc3n(-c3ccc(-n6c7ccccc7c7ccncc76)cn3)c21)c45. The molecule has 0 aliphatic rings. The lowest BCUT2D eigenvalue weighted by Gasteiger charge is -2.12. The lowest BCUT2D eigenvalue weighted by atomic mass is 10.0. The molecule has 0 radical (unpaired) electrons. The van der Waals surface area contributed by atoms with Gasteiger partial charge in [-0.25, -0.2) is 4.98 Å². The third kappa shape index (κ3) is 3.10. The van der Waals surface area contributed by atoms with Crippen molar-refractivity contribution in [1.82, 2.24) is 23.5 Å². The Hall–Kier alpha value is -6.72. The molecule has 49 heavy (non-hydrogen) atoms. The maximum atomic E-state index is 5.26. The van der Waals surface area contributed by atoms with Crippen LogP contribution in [0.1, 0.15) is 0 Å². The van der Waals surface area contributed by atoms with Gasteiger partial charge in [0.05, 0.1) is 56.7 Å². The maximum absolute atomic E-state index is 5.26. The normalized spacial score (nSPS) is 12.5. The third-order valence-electron chi connectivity index (χ3n) is 10.7. The Bertz CT molecular complexity index is 3270. The lowest BCUT2D eigenvalue weighted by molar-refractivity contribution is 1.06. The van der Waals surface area contributed by atoms with E-state index in [0.717, 1.165) is 28.1 Å². The van der Waals surface area contributed by atoms with E-state index in [9.17, 15) is 0 Å². The lowest BCUT2D eigenvalue weighted by Crippen LogP contribution is -2.00. The first kappa shape index (κ1) is 25.4. The highest BCUT2D eigenvalue weighted by atomic mass is 15.1. The molecule has 0 unspecified atom stereocenters. The summed E-state index contributed by atoms with van der Waals surface area (Å²) in [6.45, 7) is 0. The van der Waals surface area contributed by atoms with Crippen molar-refractivity contribution in [3.63, 3.8) is 0 Å². The predicted molar refractivity (Wildman–Crippen MR) is 203 cm³/mol. The molecule has 0 aliphatic heterocycles. The van der Waals surface area contributed by atoms with Crippen molar-refractivity contribution in [2.24, 2.45) is 0 Å². The molecule has 5 nitrogen and oxygen atoms in total. The number of nitrogens with zero attached hydrogens (tertiary/aromatic N) is 5. The summed E-state index contributed by atoms with van der Waals surface area (Å²) in [5.74, 6) is 0.889. The third-order valence-corrected chi connectivity index (χ3v) is 10.7. The van der Waals surface area contributed by atoms with Gasteiger partial charge in [0, 0.05) is 54.7 Å². The fourth-order valence-electron chi connectivity index (χ4n) is 8.75. The molecule has 0 saturated heterocycles. The largest absolute Gasteiger partial charge is 0.308 e. The molecule has 6 heterocycles. The Labute approximate surface area is 278 Å². The summed E-state index contributed by atoms with van der Waals surface area (Å²) in [4.78, 5) is 9.74. The monoisotopic (exact) mass is 623 g/mol. The second-order valence-corrected chi connectivity index (χ2v) is 13.0. The van der Waals surface area contributed by atoms with Crippen LogP contribution in [-0.4, -0.2) is 23.5 Å². The summed E-state index contributed by atoms with van der Waals surface area (Å²) in [5.41, 5.74) is 9.32. The van der Waals surface area contributed by atoms with Crippen molar-refractivity contribution in [3.05, 3.63) is 152 Å². The Morgan fingerprint density at radius 3 is 1.92 bits per heavy atom. The van der Waals surface area contributed by atoms with Gasteiger partial charge in [-0.05, 0) is 47.9 Å². The molecule has 226 valence electrons. The molecular formula is C44H25N5. The molecule has 0 saturated carbocycles.